The highest BCUT2D eigenvalue weighted by atomic mass is 16.5. The van der Waals surface area contributed by atoms with Crippen LogP contribution in [0.5, 0.6) is 0 Å². The second-order valence-electron chi connectivity index (χ2n) is 15.1. The Morgan fingerprint density at radius 3 is 1.71 bits per heavy atom. The lowest BCUT2D eigenvalue weighted by Crippen LogP contribution is -2.46. The molecule has 316 valence electrons. The molecule has 0 heterocycles. The minimum absolute atomic E-state index is 0.0456. The number of hydrogen-bond donors (Lipinski definition) is 3. The van der Waals surface area contributed by atoms with E-state index < -0.39 is 18.2 Å². The van der Waals surface area contributed by atoms with Crippen molar-refractivity contribution >= 4 is 11.9 Å². The summed E-state index contributed by atoms with van der Waals surface area (Å²) in [7, 11) is 0. The van der Waals surface area contributed by atoms with Crippen molar-refractivity contribution in [2.45, 2.75) is 219 Å². The smallest absolute Gasteiger partial charge is 0.306 e. The van der Waals surface area contributed by atoms with Crippen molar-refractivity contribution in [1.29, 1.82) is 0 Å². The lowest BCUT2D eigenvalue weighted by molar-refractivity contribution is -0.151. The number of amides is 1. The molecule has 0 saturated heterocycles. The monoisotopic (exact) mass is 768 g/mol. The number of rotatable bonds is 39. The summed E-state index contributed by atoms with van der Waals surface area (Å²) in [5, 5.41) is 23.6. The summed E-state index contributed by atoms with van der Waals surface area (Å²) >= 11 is 0. The van der Waals surface area contributed by atoms with Crippen LogP contribution >= 0.6 is 0 Å². The first kappa shape index (κ1) is 52.3. The fourth-order valence-electron chi connectivity index (χ4n) is 6.44. The maximum Gasteiger partial charge on any atom is 0.306 e. The van der Waals surface area contributed by atoms with Crippen molar-refractivity contribution < 1.29 is 24.5 Å². The number of carbonyl (C=O) groups excluding carboxylic acids is 2. The molecular formula is C49H85NO5. The number of allylic oxidation sites excluding steroid dienone is 12. The molecule has 0 aromatic carbocycles. The van der Waals surface area contributed by atoms with Crippen LogP contribution in [-0.4, -0.2) is 46.9 Å². The molecule has 0 aliphatic heterocycles. The molecule has 0 rings (SSSR count). The molecule has 0 spiro atoms. The van der Waals surface area contributed by atoms with Crippen LogP contribution in [-0.2, 0) is 14.3 Å². The van der Waals surface area contributed by atoms with E-state index in [0.717, 1.165) is 96.3 Å². The van der Waals surface area contributed by atoms with E-state index in [4.69, 9.17) is 4.74 Å². The fourth-order valence-corrected chi connectivity index (χ4v) is 6.44. The molecule has 0 radical (unpaired) electrons. The van der Waals surface area contributed by atoms with Gasteiger partial charge in [0, 0.05) is 6.42 Å². The van der Waals surface area contributed by atoms with Gasteiger partial charge in [-0.05, 0) is 77.0 Å². The zero-order valence-electron chi connectivity index (χ0n) is 35.8. The van der Waals surface area contributed by atoms with Crippen molar-refractivity contribution in [3.05, 3.63) is 72.9 Å². The Morgan fingerprint density at radius 1 is 0.564 bits per heavy atom. The SMILES string of the molecule is CC/C=C/C=C/C=C\CCCCCC(CC(=O)NC(CO)C(O)CCCCCCCCCCC)OC(=O)CCCCCCCC/C=C/C/C=C/C/C=C/CC. The van der Waals surface area contributed by atoms with Gasteiger partial charge in [0.2, 0.25) is 5.91 Å². The second kappa shape index (κ2) is 42.4. The van der Waals surface area contributed by atoms with E-state index in [1.54, 1.807) is 0 Å². The number of esters is 1. The quantitative estimate of drug-likeness (QED) is 0.0250. The number of ether oxygens (including phenoxy) is 1. The van der Waals surface area contributed by atoms with Gasteiger partial charge in [-0.25, -0.2) is 0 Å². The molecule has 1 amide bonds. The molecule has 3 unspecified atom stereocenters. The maximum absolute atomic E-state index is 13.1. The van der Waals surface area contributed by atoms with Crippen LogP contribution in [0.1, 0.15) is 201 Å². The van der Waals surface area contributed by atoms with E-state index in [1.165, 1.54) is 57.8 Å². The molecule has 0 aromatic rings. The van der Waals surface area contributed by atoms with E-state index in [9.17, 15) is 19.8 Å². The molecular weight excluding hydrogens is 683 g/mol. The molecule has 0 aliphatic carbocycles. The van der Waals surface area contributed by atoms with Gasteiger partial charge >= 0.3 is 5.97 Å². The summed E-state index contributed by atoms with van der Waals surface area (Å²) < 4.78 is 5.88. The lowest BCUT2D eigenvalue weighted by Gasteiger charge is -2.24. The van der Waals surface area contributed by atoms with Gasteiger partial charge in [0.05, 0.1) is 25.2 Å². The second-order valence-corrected chi connectivity index (χ2v) is 15.1. The molecule has 6 heteroatoms. The Kier molecular flexibility index (Phi) is 40.4. The topological polar surface area (TPSA) is 95.9 Å². The van der Waals surface area contributed by atoms with Gasteiger partial charge < -0.3 is 20.3 Å². The number of aliphatic hydroxyl groups is 2. The summed E-state index contributed by atoms with van der Waals surface area (Å²) in [6.45, 7) is 6.18. The number of aliphatic hydroxyl groups excluding tert-OH is 2. The van der Waals surface area contributed by atoms with E-state index in [2.05, 4.69) is 86.8 Å². The van der Waals surface area contributed by atoms with Gasteiger partial charge in [0.25, 0.3) is 0 Å². The molecule has 0 aromatic heterocycles. The van der Waals surface area contributed by atoms with Gasteiger partial charge in [-0.15, -0.1) is 0 Å². The minimum Gasteiger partial charge on any atom is -0.462 e. The van der Waals surface area contributed by atoms with Crippen LogP contribution in [0.15, 0.2) is 72.9 Å². The van der Waals surface area contributed by atoms with Crippen LogP contribution in [0.3, 0.4) is 0 Å². The molecule has 0 bridgehead atoms. The van der Waals surface area contributed by atoms with Crippen molar-refractivity contribution in [3.63, 3.8) is 0 Å². The zero-order chi connectivity index (χ0) is 40.3. The molecule has 0 aliphatic rings. The average Bonchev–Trinajstić information content (AvgIpc) is 3.18. The van der Waals surface area contributed by atoms with E-state index in [-0.39, 0.29) is 24.9 Å². The Balaban J connectivity index is 4.63. The number of unbranched alkanes of at least 4 members (excludes halogenated alkanes) is 17. The highest BCUT2D eigenvalue weighted by molar-refractivity contribution is 5.77. The molecule has 3 atom stereocenters. The fraction of sp³-hybridized carbons (Fsp3) is 0.714. The van der Waals surface area contributed by atoms with Gasteiger partial charge in [-0.1, -0.05) is 184 Å². The molecule has 0 saturated carbocycles. The highest BCUT2D eigenvalue weighted by Gasteiger charge is 2.24. The summed E-state index contributed by atoms with van der Waals surface area (Å²) in [4.78, 5) is 26.0. The maximum atomic E-state index is 13.1. The normalized spacial score (nSPS) is 14.1. The van der Waals surface area contributed by atoms with Gasteiger partial charge in [-0.2, -0.15) is 0 Å². The van der Waals surface area contributed by atoms with Crippen LogP contribution in [0.4, 0.5) is 0 Å². The van der Waals surface area contributed by atoms with Crippen molar-refractivity contribution in [3.8, 4) is 0 Å². The number of carbonyl (C=O) groups is 2. The predicted molar refractivity (Wildman–Crippen MR) is 236 cm³/mol. The van der Waals surface area contributed by atoms with Crippen molar-refractivity contribution in [2.75, 3.05) is 6.61 Å². The van der Waals surface area contributed by atoms with Crippen LogP contribution < -0.4 is 5.32 Å². The van der Waals surface area contributed by atoms with E-state index in [0.29, 0.717) is 19.3 Å². The van der Waals surface area contributed by atoms with Crippen molar-refractivity contribution in [2.24, 2.45) is 0 Å². The summed E-state index contributed by atoms with van der Waals surface area (Å²) in [6, 6.07) is -0.715. The third kappa shape index (κ3) is 38.0. The minimum atomic E-state index is -0.799. The highest BCUT2D eigenvalue weighted by Crippen LogP contribution is 2.17. The van der Waals surface area contributed by atoms with Crippen LogP contribution in [0.25, 0.3) is 0 Å². The number of hydrogen-bond acceptors (Lipinski definition) is 5. The summed E-state index contributed by atoms with van der Waals surface area (Å²) in [6.07, 6.45) is 52.5. The van der Waals surface area contributed by atoms with Gasteiger partial charge in [0.15, 0.2) is 0 Å². The first-order valence-corrected chi connectivity index (χ1v) is 22.7. The first-order valence-electron chi connectivity index (χ1n) is 22.7. The molecule has 6 nitrogen and oxygen atoms in total. The summed E-state index contributed by atoms with van der Waals surface area (Å²) in [5.74, 6) is -0.532. The Hall–Kier alpha value is -2.70. The van der Waals surface area contributed by atoms with Crippen LogP contribution in [0.2, 0.25) is 0 Å². The average molecular weight is 768 g/mol. The van der Waals surface area contributed by atoms with Gasteiger partial charge in [0.1, 0.15) is 6.10 Å². The summed E-state index contributed by atoms with van der Waals surface area (Å²) in [5.41, 5.74) is 0. The number of nitrogens with one attached hydrogen (secondary N) is 1. The third-order valence-electron chi connectivity index (χ3n) is 9.84. The van der Waals surface area contributed by atoms with Crippen molar-refractivity contribution in [1.82, 2.24) is 5.32 Å². The standard InChI is InChI=1S/C49H85NO5/c1-4-7-10-13-16-19-21-22-23-24-25-27-30-33-36-39-42-49(54)55-45(40-37-34-31-29-26-20-17-14-11-8-5-2)43-48(53)50-46(44-51)47(52)41-38-35-32-28-18-15-12-9-6-3/h7-8,10-11,14,16-17,19-20,22-23,26,45-47,51-52H,4-6,9,12-13,15,18,21,24-25,27-44H2,1-3H3,(H,50,53)/b10-7+,11-8+,17-14+,19-16+,23-22+,26-20-. The predicted octanol–water partition coefficient (Wildman–Crippen LogP) is 13.1. The Bertz CT molecular complexity index is 1040. The Labute approximate surface area is 339 Å². The molecule has 3 N–H and O–H groups in total. The van der Waals surface area contributed by atoms with Gasteiger partial charge in [-0.3, -0.25) is 9.59 Å². The largest absolute Gasteiger partial charge is 0.462 e. The lowest BCUT2D eigenvalue weighted by atomic mass is 10.0. The van der Waals surface area contributed by atoms with E-state index >= 15 is 0 Å². The van der Waals surface area contributed by atoms with E-state index in [1.807, 2.05) is 12.2 Å². The third-order valence-corrected chi connectivity index (χ3v) is 9.84. The first-order chi connectivity index (χ1) is 27.0. The molecule has 55 heavy (non-hydrogen) atoms. The molecule has 0 fully saturated rings. The Morgan fingerprint density at radius 2 is 1.07 bits per heavy atom. The zero-order valence-corrected chi connectivity index (χ0v) is 35.8. The van der Waals surface area contributed by atoms with Crippen LogP contribution in [0, 0.1) is 0 Å².